The molecule has 106 valence electrons. The Morgan fingerprint density at radius 1 is 1.45 bits per heavy atom. The minimum atomic E-state index is -2.87. The monoisotopic (exact) mass is 292 g/mol. The zero-order chi connectivity index (χ0) is 14.2. The molecule has 1 aliphatic heterocycles. The minimum Gasteiger partial charge on any atom is -0.307 e. The van der Waals surface area contributed by atoms with Crippen LogP contribution in [0.2, 0.25) is 0 Å². The Hall–Kier alpha value is -1.69. The van der Waals surface area contributed by atoms with Crippen molar-refractivity contribution in [2.75, 3.05) is 11.5 Å². The second-order valence-electron chi connectivity index (χ2n) is 5.40. The Kier molecular flexibility index (Phi) is 3.33. The van der Waals surface area contributed by atoms with Gasteiger partial charge in [-0.05, 0) is 37.3 Å². The topological polar surface area (TPSA) is 68.5 Å². The number of aromatic nitrogens is 2. The molecule has 0 aromatic carbocycles. The molecule has 1 fully saturated rings. The molecular formula is C14H16N2O3S. The van der Waals surface area contributed by atoms with Gasteiger partial charge >= 0.3 is 0 Å². The van der Waals surface area contributed by atoms with Crippen LogP contribution in [0.15, 0.2) is 24.5 Å². The highest BCUT2D eigenvalue weighted by Gasteiger charge is 2.25. The third kappa shape index (κ3) is 2.75. The SMILES string of the molecule is O=Cc1ccn2cc(CC3CCCS(=O)(=O)C3)nc2c1. The van der Waals surface area contributed by atoms with Gasteiger partial charge in [-0.2, -0.15) is 0 Å². The fourth-order valence-corrected chi connectivity index (χ4v) is 4.57. The standard InChI is InChI=1S/C14H16N2O3S/c17-9-11-3-4-16-8-13(15-14(16)7-11)6-12-2-1-5-20(18,19)10-12/h3-4,7-9,12H,1-2,5-6,10H2. The first-order valence-electron chi connectivity index (χ1n) is 6.69. The van der Waals surface area contributed by atoms with Crippen LogP contribution in [0.25, 0.3) is 5.65 Å². The molecule has 0 bridgehead atoms. The number of hydrogen-bond donors (Lipinski definition) is 0. The van der Waals surface area contributed by atoms with Gasteiger partial charge in [0, 0.05) is 18.0 Å². The van der Waals surface area contributed by atoms with E-state index in [0.717, 1.165) is 30.5 Å². The van der Waals surface area contributed by atoms with Gasteiger partial charge in [0.25, 0.3) is 0 Å². The Morgan fingerprint density at radius 3 is 3.05 bits per heavy atom. The lowest BCUT2D eigenvalue weighted by atomic mass is 10.00. The molecule has 20 heavy (non-hydrogen) atoms. The van der Waals surface area contributed by atoms with Crippen LogP contribution in [0.3, 0.4) is 0 Å². The van der Waals surface area contributed by atoms with Crippen LogP contribution in [-0.4, -0.2) is 35.6 Å². The summed E-state index contributed by atoms with van der Waals surface area (Å²) in [5.41, 5.74) is 2.20. The lowest BCUT2D eigenvalue weighted by molar-refractivity contribution is 0.112. The lowest BCUT2D eigenvalue weighted by Crippen LogP contribution is -2.26. The lowest BCUT2D eigenvalue weighted by Gasteiger charge is -2.20. The molecule has 0 aliphatic carbocycles. The number of rotatable bonds is 3. The van der Waals surface area contributed by atoms with Gasteiger partial charge < -0.3 is 4.40 Å². The maximum atomic E-state index is 11.6. The van der Waals surface area contributed by atoms with Gasteiger partial charge in [0.15, 0.2) is 9.84 Å². The van der Waals surface area contributed by atoms with E-state index in [0.29, 0.717) is 17.7 Å². The number of sulfone groups is 1. The van der Waals surface area contributed by atoms with E-state index in [1.54, 1.807) is 18.3 Å². The van der Waals surface area contributed by atoms with Crippen LogP contribution in [-0.2, 0) is 16.3 Å². The molecule has 3 rings (SSSR count). The number of aldehydes is 1. The average Bonchev–Trinajstić information content (AvgIpc) is 2.78. The zero-order valence-corrected chi connectivity index (χ0v) is 11.8. The molecular weight excluding hydrogens is 276 g/mol. The fourth-order valence-electron chi connectivity index (χ4n) is 2.80. The summed E-state index contributed by atoms with van der Waals surface area (Å²) in [7, 11) is -2.87. The Morgan fingerprint density at radius 2 is 2.30 bits per heavy atom. The van der Waals surface area contributed by atoms with Gasteiger partial charge in [-0.25, -0.2) is 13.4 Å². The second kappa shape index (κ2) is 5.01. The maximum absolute atomic E-state index is 11.6. The van der Waals surface area contributed by atoms with Gasteiger partial charge in [0.2, 0.25) is 0 Å². The first-order valence-corrected chi connectivity index (χ1v) is 8.51. The number of pyridine rings is 1. The molecule has 1 saturated heterocycles. The quantitative estimate of drug-likeness (QED) is 0.804. The largest absolute Gasteiger partial charge is 0.307 e. The maximum Gasteiger partial charge on any atom is 0.150 e. The highest BCUT2D eigenvalue weighted by Crippen LogP contribution is 2.22. The van der Waals surface area contributed by atoms with E-state index in [2.05, 4.69) is 4.98 Å². The minimum absolute atomic E-state index is 0.157. The summed E-state index contributed by atoms with van der Waals surface area (Å²) in [6.45, 7) is 0. The summed E-state index contributed by atoms with van der Waals surface area (Å²) in [4.78, 5) is 15.2. The number of fused-ring (bicyclic) bond motifs is 1. The molecule has 2 aromatic heterocycles. The number of carbonyl (C=O) groups excluding carboxylic acids is 1. The molecule has 1 aliphatic rings. The predicted molar refractivity (Wildman–Crippen MR) is 75.7 cm³/mol. The normalized spacial score (nSPS) is 21.9. The number of imidazole rings is 1. The third-order valence-corrected chi connectivity index (χ3v) is 5.62. The van der Waals surface area contributed by atoms with Gasteiger partial charge in [0.05, 0.1) is 17.2 Å². The summed E-state index contributed by atoms with van der Waals surface area (Å²) in [6, 6.07) is 3.46. The summed E-state index contributed by atoms with van der Waals surface area (Å²) < 4.78 is 25.1. The Balaban J connectivity index is 1.82. The molecule has 0 amide bonds. The summed E-state index contributed by atoms with van der Waals surface area (Å²) >= 11 is 0. The first kappa shape index (κ1) is 13.3. The summed E-state index contributed by atoms with van der Waals surface area (Å²) in [5, 5.41) is 0. The predicted octanol–water partition coefficient (Wildman–Crippen LogP) is 1.51. The van der Waals surface area contributed by atoms with Crippen LogP contribution >= 0.6 is 0 Å². The van der Waals surface area contributed by atoms with E-state index < -0.39 is 9.84 Å². The van der Waals surface area contributed by atoms with Crippen LogP contribution in [0.4, 0.5) is 0 Å². The molecule has 0 radical (unpaired) electrons. The van der Waals surface area contributed by atoms with Crippen LogP contribution in [0, 0.1) is 5.92 Å². The zero-order valence-electron chi connectivity index (χ0n) is 11.0. The Bertz CT molecular complexity index is 749. The number of hydrogen-bond acceptors (Lipinski definition) is 4. The van der Waals surface area contributed by atoms with Crippen LogP contribution in [0.5, 0.6) is 0 Å². The van der Waals surface area contributed by atoms with Crippen molar-refractivity contribution in [1.82, 2.24) is 9.38 Å². The third-order valence-electron chi connectivity index (χ3n) is 3.73. The molecule has 2 aromatic rings. The van der Waals surface area contributed by atoms with Gasteiger partial charge in [-0.3, -0.25) is 4.79 Å². The van der Waals surface area contributed by atoms with Gasteiger partial charge in [0.1, 0.15) is 11.9 Å². The Labute approximate surface area is 117 Å². The van der Waals surface area contributed by atoms with Crippen molar-refractivity contribution in [2.45, 2.75) is 19.3 Å². The van der Waals surface area contributed by atoms with E-state index in [1.165, 1.54) is 0 Å². The molecule has 1 unspecified atom stereocenters. The van der Waals surface area contributed by atoms with E-state index in [4.69, 9.17) is 0 Å². The molecule has 6 heteroatoms. The molecule has 5 nitrogen and oxygen atoms in total. The van der Waals surface area contributed by atoms with E-state index >= 15 is 0 Å². The van der Waals surface area contributed by atoms with Crippen molar-refractivity contribution < 1.29 is 13.2 Å². The average molecular weight is 292 g/mol. The van der Waals surface area contributed by atoms with Crippen molar-refractivity contribution >= 4 is 21.8 Å². The number of carbonyl (C=O) groups is 1. The van der Waals surface area contributed by atoms with Crippen LogP contribution < -0.4 is 0 Å². The molecule has 3 heterocycles. The van der Waals surface area contributed by atoms with Gasteiger partial charge in [-0.15, -0.1) is 0 Å². The van der Waals surface area contributed by atoms with Crippen molar-refractivity contribution in [2.24, 2.45) is 5.92 Å². The van der Waals surface area contributed by atoms with E-state index in [-0.39, 0.29) is 11.7 Å². The van der Waals surface area contributed by atoms with Crippen molar-refractivity contribution in [3.8, 4) is 0 Å². The highest BCUT2D eigenvalue weighted by molar-refractivity contribution is 7.91. The molecule has 0 saturated carbocycles. The summed E-state index contributed by atoms with van der Waals surface area (Å²) in [5.74, 6) is 0.738. The van der Waals surface area contributed by atoms with E-state index in [9.17, 15) is 13.2 Å². The number of nitrogens with zero attached hydrogens (tertiary/aromatic N) is 2. The molecule has 1 atom stereocenters. The van der Waals surface area contributed by atoms with Crippen molar-refractivity contribution in [3.63, 3.8) is 0 Å². The molecule has 0 N–H and O–H groups in total. The second-order valence-corrected chi connectivity index (χ2v) is 7.63. The van der Waals surface area contributed by atoms with Crippen molar-refractivity contribution in [3.05, 3.63) is 35.8 Å². The molecule has 0 spiro atoms. The van der Waals surface area contributed by atoms with Gasteiger partial charge in [-0.1, -0.05) is 0 Å². The van der Waals surface area contributed by atoms with E-state index in [1.807, 2.05) is 10.6 Å². The smallest absolute Gasteiger partial charge is 0.150 e. The van der Waals surface area contributed by atoms with Crippen LogP contribution in [0.1, 0.15) is 28.9 Å². The summed E-state index contributed by atoms with van der Waals surface area (Å²) in [6.07, 6.45) is 6.86. The fraction of sp³-hybridized carbons (Fsp3) is 0.429. The first-order chi connectivity index (χ1) is 9.55. The van der Waals surface area contributed by atoms with Crippen molar-refractivity contribution in [1.29, 1.82) is 0 Å². The highest BCUT2D eigenvalue weighted by atomic mass is 32.2.